The average Bonchev–Trinajstić information content (AvgIpc) is 2.53. The molecule has 0 radical (unpaired) electrons. The van der Waals surface area contributed by atoms with Gasteiger partial charge in [0, 0.05) is 12.1 Å². The minimum Gasteiger partial charge on any atom is -0.481 e. The van der Waals surface area contributed by atoms with Gasteiger partial charge < -0.3 is 10.4 Å². The van der Waals surface area contributed by atoms with Gasteiger partial charge in [0.05, 0.1) is 17.0 Å². The molecule has 5 heteroatoms. The first-order valence-corrected chi connectivity index (χ1v) is 7.09. The molecule has 1 saturated carbocycles. The van der Waals surface area contributed by atoms with Crippen LogP contribution in [0.1, 0.15) is 48.0 Å². The van der Waals surface area contributed by atoms with Crippen LogP contribution in [0, 0.1) is 16.7 Å². The first-order chi connectivity index (χ1) is 10.1. The maximum atomic E-state index is 12.1. The minimum absolute atomic E-state index is 0.137. The number of nitrogens with one attached hydrogen (secondary N) is 1. The summed E-state index contributed by atoms with van der Waals surface area (Å²) in [5.74, 6) is -1.17. The average molecular weight is 286 g/mol. The fourth-order valence-electron chi connectivity index (χ4n) is 2.78. The number of carbonyl (C=O) groups excluding carboxylic acids is 1. The van der Waals surface area contributed by atoms with E-state index in [2.05, 4.69) is 5.32 Å². The van der Waals surface area contributed by atoms with Crippen LogP contribution in [-0.2, 0) is 4.79 Å². The second-order valence-electron chi connectivity index (χ2n) is 5.52. The highest BCUT2D eigenvalue weighted by Gasteiger charge is 2.39. The van der Waals surface area contributed by atoms with E-state index in [-0.39, 0.29) is 12.5 Å². The second kappa shape index (κ2) is 6.40. The fraction of sp³-hybridized carbons (Fsp3) is 0.438. The number of carboxylic acid groups (broad SMARTS) is 1. The van der Waals surface area contributed by atoms with Crippen LogP contribution in [0.5, 0.6) is 0 Å². The summed E-state index contributed by atoms with van der Waals surface area (Å²) in [6, 6.07) is 8.36. The van der Waals surface area contributed by atoms with Crippen LogP contribution in [0.4, 0.5) is 0 Å². The summed E-state index contributed by atoms with van der Waals surface area (Å²) in [6.07, 6.45) is 4.01. The molecule has 0 saturated heterocycles. The van der Waals surface area contributed by atoms with E-state index in [1.807, 2.05) is 6.07 Å². The summed E-state index contributed by atoms with van der Waals surface area (Å²) in [6.45, 7) is 0.137. The van der Waals surface area contributed by atoms with Crippen LogP contribution in [0.25, 0.3) is 0 Å². The zero-order chi connectivity index (χ0) is 15.3. The molecule has 0 spiro atoms. The Morgan fingerprint density at radius 2 is 2.00 bits per heavy atom. The third kappa shape index (κ3) is 3.40. The monoisotopic (exact) mass is 286 g/mol. The molecule has 0 aromatic heterocycles. The van der Waals surface area contributed by atoms with Crippen LogP contribution in [0.2, 0.25) is 0 Å². The molecule has 5 nitrogen and oxygen atoms in total. The third-order valence-corrected chi connectivity index (χ3v) is 4.11. The predicted octanol–water partition coefficient (Wildman–Crippen LogP) is 2.32. The van der Waals surface area contributed by atoms with Gasteiger partial charge in [-0.05, 0) is 31.0 Å². The Bertz CT molecular complexity index is 583. The van der Waals surface area contributed by atoms with Gasteiger partial charge in [0.15, 0.2) is 0 Å². The second-order valence-corrected chi connectivity index (χ2v) is 5.52. The van der Waals surface area contributed by atoms with E-state index in [0.717, 1.165) is 19.3 Å². The van der Waals surface area contributed by atoms with E-state index in [4.69, 9.17) is 5.26 Å². The summed E-state index contributed by atoms with van der Waals surface area (Å²) in [7, 11) is 0. The molecule has 0 heterocycles. The Kier molecular flexibility index (Phi) is 4.59. The van der Waals surface area contributed by atoms with Crippen molar-refractivity contribution < 1.29 is 14.7 Å². The van der Waals surface area contributed by atoms with Crippen molar-refractivity contribution in [3.8, 4) is 6.07 Å². The van der Waals surface area contributed by atoms with Crippen molar-refractivity contribution in [1.82, 2.24) is 5.32 Å². The van der Waals surface area contributed by atoms with Crippen LogP contribution in [-0.4, -0.2) is 23.5 Å². The number of benzene rings is 1. The number of carboxylic acids is 1. The van der Waals surface area contributed by atoms with E-state index < -0.39 is 11.4 Å². The number of nitrogens with zero attached hydrogens (tertiary/aromatic N) is 1. The number of amides is 1. The lowest BCUT2D eigenvalue weighted by Gasteiger charge is -2.33. The molecule has 1 amide bonds. The van der Waals surface area contributed by atoms with Gasteiger partial charge in [0.1, 0.15) is 0 Å². The smallest absolute Gasteiger partial charge is 0.311 e. The Balaban J connectivity index is 2.05. The van der Waals surface area contributed by atoms with Gasteiger partial charge in [-0.2, -0.15) is 5.26 Å². The molecule has 0 aliphatic heterocycles. The van der Waals surface area contributed by atoms with Crippen molar-refractivity contribution in [2.45, 2.75) is 32.1 Å². The highest BCUT2D eigenvalue weighted by Crippen LogP contribution is 2.36. The van der Waals surface area contributed by atoms with E-state index in [1.165, 1.54) is 6.07 Å². The fourth-order valence-corrected chi connectivity index (χ4v) is 2.78. The van der Waals surface area contributed by atoms with E-state index in [0.29, 0.717) is 24.0 Å². The number of carbonyl (C=O) groups is 2. The Morgan fingerprint density at radius 3 is 2.62 bits per heavy atom. The Labute approximate surface area is 123 Å². The van der Waals surface area contributed by atoms with Gasteiger partial charge in [-0.3, -0.25) is 9.59 Å². The highest BCUT2D eigenvalue weighted by atomic mass is 16.4. The summed E-state index contributed by atoms with van der Waals surface area (Å²) < 4.78 is 0. The van der Waals surface area contributed by atoms with E-state index in [1.54, 1.807) is 18.2 Å². The number of rotatable bonds is 4. The number of nitriles is 1. The molecule has 0 atom stereocenters. The van der Waals surface area contributed by atoms with Crippen molar-refractivity contribution in [3.63, 3.8) is 0 Å². The Morgan fingerprint density at radius 1 is 1.29 bits per heavy atom. The third-order valence-electron chi connectivity index (χ3n) is 4.11. The minimum atomic E-state index is -0.846. The normalized spacial score (nSPS) is 16.7. The summed E-state index contributed by atoms with van der Waals surface area (Å²) in [4.78, 5) is 23.6. The quantitative estimate of drug-likeness (QED) is 0.888. The zero-order valence-electron chi connectivity index (χ0n) is 11.8. The van der Waals surface area contributed by atoms with E-state index >= 15 is 0 Å². The number of hydrogen-bond acceptors (Lipinski definition) is 3. The lowest BCUT2D eigenvalue weighted by Crippen LogP contribution is -2.44. The molecule has 1 aromatic carbocycles. The van der Waals surface area contributed by atoms with Crippen molar-refractivity contribution >= 4 is 11.9 Å². The molecule has 0 bridgehead atoms. The standard InChI is InChI=1S/C16H18N2O3/c17-10-12-5-4-6-13(9-12)14(19)18-11-16(15(20)21)7-2-1-3-8-16/h4-6,9H,1-3,7-8,11H2,(H,18,19)(H,20,21). The molecule has 1 aromatic rings. The van der Waals surface area contributed by atoms with E-state index in [9.17, 15) is 14.7 Å². The van der Waals surface area contributed by atoms with Gasteiger partial charge in [-0.1, -0.05) is 25.3 Å². The van der Waals surface area contributed by atoms with Crippen molar-refractivity contribution in [2.24, 2.45) is 5.41 Å². The molecule has 21 heavy (non-hydrogen) atoms. The molecular formula is C16H18N2O3. The Hall–Kier alpha value is -2.35. The van der Waals surface area contributed by atoms with Crippen LogP contribution in [0.3, 0.4) is 0 Å². The summed E-state index contributed by atoms with van der Waals surface area (Å²) in [5.41, 5.74) is -0.0561. The van der Waals surface area contributed by atoms with Crippen molar-refractivity contribution in [1.29, 1.82) is 5.26 Å². The SMILES string of the molecule is N#Cc1cccc(C(=O)NCC2(C(=O)O)CCCCC2)c1. The van der Waals surface area contributed by atoms with Gasteiger partial charge in [0.25, 0.3) is 5.91 Å². The van der Waals surface area contributed by atoms with Gasteiger partial charge in [0.2, 0.25) is 0 Å². The van der Waals surface area contributed by atoms with Gasteiger partial charge in [-0.25, -0.2) is 0 Å². The first-order valence-electron chi connectivity index (χ1n) is 7.09. The molecule has 2 N–H and O–H groups in total. The summed E-state index contributed by atoms with van der Waals surface area (Å²) in [5, 5.41) is 21.0. The van der Waals surface area contributed by atoms with Crippen LogP contribution in [0.15, 0.2) is 24.3 Å². The predicted molar refractivity (Wildman–Crippen MR) is 76.6 cm³/mol. The lowest BCUT2D eigenvalue weighted by atomic mass is 9.74. The molecule has 110 valence electrons. The summed E-state index contributed by atoms with van der Waals surface area (Å²) >= 11 is 0. The van der Waals surface area contributed by atoms with Crippen LogP contribution < -0.4 is 5.32 Å². The maximum Gasteiger partial charge on any atom is 0.311 e. The molecule has 2 rings (SSSR count). The maximum absolute atomic E-state index is 12.1. The van der Waals surface area contributed by atoms with Gasteiger partial charge in [-0.15, -0.1) is 0 Å². The zero-order valence-corrected chi connectivity index (χ0v) is 11.8. The molecular weight excluding hydrogens is 268 g/mol. The number of hydrogen-bond donors (Lipinski definition) is 2. The largest absolute Gasteiger partial charge is 0.481 e. The lowest BCUT2D eigenvalue weighted by molar-refractivity contribution is -0.150. The van der Waals surface area contributed by atoms with Gasteiger partial charge >= 0.3 is 5.97 Å². The highest BCUT2D eigenvalue weighted by molar-refractivity contribution is 5.94. The molecule has 1 aliphatic rings. The topological polar surface area (TPSA) is 90.2 Å². The first kappa shape index (κ1) is 15.0. The van der Waals surface area contributed by atoms with Crippen LogP contribution >= 0.6 is 0 Å². The van der Waals surface area contributed by atoms with Crippen molar-refractivity contribution in [2.75, 3.05) is 6.54 Å². The molecule has 1 fully saturated rings. The molecule has 0 unspecified atom stereocenters. The molecule has 1 aliphatic carbocycles. The van der Waals surface area contributed by atoms with Crippen molar-refractivity contribution in [3.05, 3.63) is 35.4 Å². The number of aliphatic carboxylic acids is 1.